The smallest absolute Gasteiger partial charge is 0.414 e. The quantitative estimate of drug-likeness (QED) is 0.634. The number of ether oxygens (including phenoxy) is 1. The van der Waals surface area contributed by atoms with Crippen LogP contribution in [0.25, 0.3) is 22.5 Å². The van der Waals surface area contributed by atoms with Crippen LogP contribution in [-0.4, -0.2) is 12.7 Å². The van der Waals surface area contributed by atoms with Crippen LogP contribution >= 0.6 is 0 Å². The monoisotopic (exact) mass is 360 g/mol. The highest BCUT2D eigenvalue weighted by molar-refractivity contribution is 5.93. The number of anilines is 1. The number of hydrogen-bond donors (Lipinski definition) is 1. The second-order valence-corrected chi connectivity index (χ2v) is 6.47. The van der Waals surface area contributed by atoms with E-state index in [-0.39, 0.29) is 24.0 Å². The standard InChI is InChI=1S/C22H20N2O3/c1-15(2)14-26-22(25)24-21-18(13-23)19(16-9-5-3-6-10-16)20(27-21)17-11-7-4-8-12-17/h3-12,15H,14H2,1-2H3,(H,24,25). The molecule has 0 bridgehead atoms. The van der Waals surface area contributed by atoms with Crippen LogP contribution in [0.1, 0.15) is 19.4 Å². The maximum Gasteiger partial charge on any atom is 0.414 e. The third-order valence-electron chi connectivity index (χ3n) is 3.88. The van der Waals surface area contributed by atoms with Gasteiger partial charge in [0.1, 0.15) is 17.4 Å². The summed E-state index contributed by atoms with van der Waals surface area (Å²) in [4.78, 5) is 12.1. The third kappa shape index (κ3) is 4.18. The number of nitrogens with one attached hydrogen (secondary N) is 1. The summed E-state index contributed by atoms with van der Waals surface area (Å²) in [6.07, 6.45) is -0.645. The molecule has 0 saturated carbocycles. The fraction of sp³-hybridized carbons (Fsp3) is 0.182. The van der Waals surface area contributed by atoms with Crippen molar-refractivity contribution >= 4 is 12.0 Å². The minimum absolute atomic E-state index is 0.0870. The van der Waals surface area contributed by atoms with Crippen LogP contribution in [0.15, 0.2) is 65.1 Å². The predicted molar refractivity (Wildman–Crippen MR) is 104 cm³/mol. The molecule has 0 aliphatic rings. The molecule has 3 aromatic rings. The van der Waals surface area contributed by atoms with Crippen molar-refractivity contribution in [3.05, 3.63) is 66.2 Å². The Morgan fingerprint density at radius 1 is 1.07 bits per heavy atom. The molecule has 0 aliphatic carbocycles. The van der Waals surface area contributed by atoms with Crippen molar-refractivity contribution < 1.29 is 13.9 Å². The van der Waals surface area contributed by atoms with Gasteiger partial charge in [-0.25, -0.2) is 4.79 Å². The number of rotatable bonds is 5. The molecule has 1 N–H and O–H groups in total. The Kier molecular flexibility index (Phi) is 5.58. The lowest BCUT2D eigenvalue weighted by Crippen LogP contribution is -2.16. The summed E-state index contributed by atoms with van der Waals surface area (Å²) in [7, 11) is 0. The number of carbonyl (C=O) groups excluding carboxylic acids is 1. The maximum atomic E-state index is 12.1. The van der Waals surface area contributed by atoms with E-state index in [1.54, 1.807) is 0 Å². The lowest BCUT2D eigenvalue weighted by atomic mass is 9.98. The van der Waals surface area contributed by atoms with E-state index >= 15 is 0 Å². The SMILES string of the molecule is CC(C)COC(=O)Nc1oc(-c2ccccc2)c(-c2ccccc2)c1C#N. The first-order valence-electron chi connectivity index (χ1n) is 8.71. The average molecular weight is 360 g/mol. The van der Waals surface area contributed by atoms with Gasteiger partial charge in [0.25, 0.3) is 0 Å². The second-order valence-electron chi connectivity index (χ2n) is 6.47. The largest absolute Gasteiger partial charge is 0.449 e. The van der Waals surface area contributed by atoms with Gasteiger partial charge in [0.05, 0.1) is 6.61 Å². The van der Waals surface area contributed by atoms with Gasteiger partial charge in [-0.05, 0) is 11.5 Å². The molecular weight excluding hydrogens is 340 g/mol. The Labute approximate surface area is 158 Å². The van der Waals surface area contributed by atoms with Gasteiger partial charge in [-0.2, -0.15) is 5.26 Å². The van der Waals surface area contributed by atoms with Gasteiger partial charge in [0.15, 0.2) is 0 Å². The van der Waals surface area contributed by atoms with Crippen molar-refractivity contribution in [2.75, 3.05) is 11.9 Å². The highest BCUT2D eigenvalue weighted by Crippen LogP contribution is 2.41. The van der Waals surface area contributed by atoms with E-state index in [2.05, 4.69) is 11.4 Å². The number of nitriles is 1. The van der Waals surface area contributed by atoms with Crippen LogP contribution in [0.3, 0.4) is 0 Å². The molecule has 1 amide bonds. The minimum Gasteiger partial charge on any atom is -0.449 e. The van der Waals surface area contributed by atoms with Crippen molar-refractivity contribution in [2.24, 2.45) is 5.92 Å². The third-order valence-corrected chi connectivity index (χ3v) is 3.88. The van der Waals surface area contributed by atoms with E-state index in [0.717, 1.165) is 11.1 Å². The molecule has 0 fully saturated rings. The molecule has 0 aliphatic heterocycles. The molecule has 136 valence electrons. The second kappa shape index (κ2) is 8.24. The summed E-state index contributed by atoms with van der Waals surface area (Å²) < 4.78 is 11.1. The Bertz CT molecular complexity index is 954. The van der Waals surface area contributed by atoms with Crippen LogP contribution in [0, 0.1) is 17.2 Å². The molecule has 0 spiro atoms. The highest BCUT2D eigenvalue weighted by Gasteiger charge is 2.24. The Hall–Kier alpha value is -3.52. The summed E-state index contributed by atoms with van der Waals surface area (Å²) in [5, 5.41) is 12.3. The van der Waals surface area contributed by atoms with E-state index in [1.807, 2.05) is 74.5 Å². The zero-order valence-corrected chi connectivity index (χ0v) is 15.2. The van der Waals surface area contributed by atoms with Gasteiger partial charge in [0.2, 0.25) is 5.88 Å². The molecular formula is C22H20N2O3. The Morgan fingerprint density at radius 3 is 2.22 bits per heavy atom. The number of carbonyl (C=O) groups is 1. The van der Waals surface area contributed by atoms with Crippen LogP contribution in [0.2, 0.25) is 0 Å². The van der Waals surface area contributed by atoms with Crippen molar-refractivity contribution in [2.45, 2.75) is 13.8 Å². The van der Waals surface area contributed by atoms with Crippen molar-refractivity contribution in [1.29, 1.82) is 5.26 Å². The molecule has 27 heavy (non-hydrogen) atoms. The van der Waals surface area contributed by atoms with Crippen molar-refractivity contribution in [1.82, 2.24) is 0 Å². The topological polar surface area (TPSA) is 75.3 Å². The molecule has 0 atom stereocenters. The number of furan rings is 1. The number of nitrogens with zero attached hydrogens (tertiary/aromatic N) is 1. The first kappa shape index (κ1) is 18.3. The van der Waals surface area contributed by atoms with Crippen LogP contribution in [-0.2, 0) is 4.74 Å². The summed E-state index contributed by atoms with van der Waals surface area (Å²) in [5.74, 6) is 0.823. The first-order chi connectivity index (χ1) is 13.1. The zero-order chi connectivity index (χ0) is 19.2. The summed E-state index contributed by atoms with van der Waals surface area (Å²) in [6, 6.07) is 21.1. The van der Waals surface area contributed by atoms with Gasteiger partial charge in [0, 0.05) is 11.1 Å². The van der Waals surface area contributed by atoms with Gasteiger partial charge in [-0.3, -0.25) is 5.32 Å². The summed E-state index contributed by atoms with van der Waals surface area (Å²) in [6.45, 7) is 4.18. The van der Waals surface area contributed by atoms with Gasteiger partial charge >= 0.3 is 6.09 Å². The van der Waals surface area contributed by atoms with Crippen LogP contribution in [0.4, 0.5) is 10.7 Å². The Morgan fingerprint density at radius 2 is 1.67 bits per heavy atom. The molecule has 0 unspecified atom stereocenters. The molecule has 0 radical (unpaired) electrons. The lowest BCUT2D eigenvalue weighted by molar-refractivity contribution is 0.147. The van der Waals surface area contributed by atoms with E-state index in [4.69, 9.17) is 9.15 Å². The van der Waals surface area contributed by atoms with Crippen molar-refractivity contribution in [3.8, 4) is 28.5 Å². The van der Waals surface area contributed by atoms with E-state index < -0.39 is 6.09 Å². The number of amides is 1. The molecule has 5 nitrogen and oxygen atoms in total. The van der Waals surface area contributed by atoms with Crippen LogP contribution < -0.4 is 5.32 Å². The summed E-state index contributed by atoms with van der Waals surface area (Å²) >= 11 is 0. The van der Waals surface area contributed by atoms with Crippen molar-refractivity contribution in [3.63, 3.8) is 0 Å². The minimum atomic E-state index is -0.645. The number of benzene rings is 2. The van der Waals surface area contributed by atoms with Gasteiger partial charge < -0.3 is 9.15 Å². The average Bonchev–Trinajstić information content (AvgIpc) is 3.06. The van der Waals surface area contributed by atoms with E-state index in [0.29, 0.717) is 11.3 Å². The predicted octanol–water partition coefficient (Wildman–Crippen LogP) is 5.69. The normalized spacial score (nSPS) is 10.4. The van der Waals surface area contributed by atoms with Gasteiger partial charge in [-0.1, -0.05) is 74.5 Å². The lowest BCUT2D eigenvalue weighted by Gasteiger charge is -2.07. The fourth-order valence-corrected chi connectivity index (χ4v) is 2.67. The molecule has 0 saturated heterocycles. The van der Waals surface area contributed by atoms with E-state index in [9.17, 15) is 10.1 Å². The molecule has 1 heterocycles. The van der Waals surface area contributed by atoms with Crippen LogP contribution in [0.5, 0.6) is 0 Å². The molecule has 1 aromatic heterocycles. The Balaban J connectivity index is 2.07. The van der Waals surface area contributed by atoms with E-state index in [1.165, 1.54) is 0 Å². The molecule has 3 rings (SSSR count). The molecule has 5 heteroatoms. The molecule has 2 aromatic carbocycles. The van der Waals surface area contributed by atoms with Gasteiger partial charge in [-0.15, -0.1) is 0 Å². The highest BCUT2D eigenvalue weighted by atomic mass is 16.6. The maximum absolute atomic E-state index is 12.1. The summed E-state index contributed by atoms with van der Waals surface area (Å²) in [5.41, 5.74) is 2.56. The zero-order valence-electron chi connectivity index (χ0n) is 15.2. The fourth-order valence-electron chi connectivity index (χ4n) is 2.67. The first-order valence-corrected chi connectivity index (χ1v) is 8.71. The number of hydrogen-bond acceptors (Lipinski definition) is 4.